The van der Waals surface area contributed by atoms with Gasteiger partial charge < -0.3 is 0 Å². The topological polar surface area (TPSA) is 128 Å². The molecule has 23 heavy (non-hydrogen) atoms. The third-order valence-electron chi connectivity index (χ3n) is 3.15. The molecule has 2 aromatic rings. The molecule has 0 radical (unpaired) electrons. The molecule has 10 heteroatoms. The second-order valence-electron chi connectivity index (χ2n) is 4.65. The molecular weight excluding hydrogens is 306 g/mol. The number of nitro groups is 1. The standard InChI is InChI=1S/C13H13N5O5/c1-16-10(7-11(19)17(2)13(16)21)14-15-12(20)8-4-3-5-9(6-8)18(22)23/h3-7,14H,1-2H3,(H,15,20). The maximum Gasteiger partial charge on any atom is 0.332 e. The molecule has 2 rings (SSSR count). The molecule has 1 amide bonds. The number of carbonyl (C=O) groups excluding carboxylic acids is 1. The molecule has 1 heterocycles. The van der Waals surface area contributed by atoms with Crippen LogP contribution in [0.2, 0.25) is 0 Å². The number of hydrogen-bond donors (Lipinski definition) is 2. The Morgan fingerprint density at radius 2 is 1.87 bits per heavy atom. The third kappa shape index (κ3) is 3.26. The summed E-state index contributed by atoms with van der Waals surface area (Å²) in [7, 11) is 2.75. The Morgan fingerprint density at radius 1 is 1.17 bits per heavy atom. The zero-order chi connectivity index (χ0) is 17.1. The molecule has 2 N–H and O–H groups in total. The number of rotatable bonds is 4. The highest BCUT2D eigenvalue weighted by Gasteiger charge is 2.12. The number of benzene rings is 1. The number of aromatic nitrogens is 2. The average Bonchev–Trinajstić information content (AvgIpc) is 2.54. The van der Waals surface area contributed by atoms with Crippen molar-refractivity contribution in [2.75, 3.05) is 5.43 Å². The van der Waals surface area contributed by atoms with Gasteiger partial charge in [0.1, 0.15) is 5.82 Å². The van der Waals surface area contributed by atoms with E-state index in [9.17, 15) is 24.5 Å². The SMILES string of the molecule is Cn1c(NNC(=O)c2cccc([N+](=O)[O-])c2)cc(=O)n(C)c1=O. The van der Waals surface area contributed by atoms with Crippen LogP contribution in [0.25, 0.3) is 0 Å². The maximum absolute atomic E-state index is 12.0. The van der Waals surface area contributed by atoms with E-state index in [0.29, 0.717) is 0 Å². The minimum atomic E-state index is -0.651. The average molecular weight is 319 g/mol. The second kappa shape index (κ2) is 6.13. The second-order valence-corrected chi connectivity index (χ2v) is 4.65. The van der Waals surface area contributed by atoms with E-state index in [2.05, 4.69) is 10.9 Å². The summed E-state index contributed by atoms with van der Waals surface area (Å²) in [5.41, 5.74) is 3.45. The van der Waals surface area contributed by atoms with E-state index in [4.69, 9.17) is 0 Å². The van der Waals surface area contributed by atoms with Crippen molar-refractivity contribution in [3.8, 4) is 0 Å². The first-order valence-corrected chi connectivity index (χ1v) is 6.39. The van der Waals surface area contributed by atoms with Crippen molar-refractivity contribution in [3.05, 3.63) is 66.8 Å². The molecule has 0 fully saturated rings. The number of anilines is 1. The first-order chi connectivity index (χ1) is 10.8. The van der Waals surface area contributed by atoms with E-state index in [0.717, 1.165) is 21.3 Å². The Bertz CT molecular complexity index is 898. The van der Waals surface area contributed by atoms with E-state index < -0.39 is 22.1 Å². The molecule has 0 saturated carbocycles. The fraction of sp³-hybridized carbons (Fsp3) is 0.154. The normalized spacial score (nSPS) is 10.2. The molecule has 0 aliphatic carbocycles. The molecule has 0 bridgehead atoms. The lowest BCUT2D eigenvalue weighted by atomic mass is 10.2. The quantitative estimate of drug-likeness (QED) is 0.590. The largest absolute Gasteiger partial charge is 0.332 e. The van der Waals surface area contributed by atoms with Crippen molar-refractivity contribution < 1.29 is 9.72 Å². The molecule has 10 nitrogen and oxygen atoms in total. The Balaban J connectivity index is 2.20. The van der Waals surface area contributed by atoms with Crippen molar-refractivity contribution >= 4 is 17.4 Å². The van der Waals surface area contributed by atoms with Crippen molar-refractivity contribution in [2.24, 2.45) is 14.1 Å². The van der Waals surface area contributed by atoms with E-state index in [1.54, 1.807) is 0 Å². The summed E-state index contributed by atoms with van der Waals surface area (Å²) >= 11 is 0. The molecule has 0 atom stereocenters. The van der Waals surface area contributed by atoms with Crippen molar-refractivity contribution in [3.63, 3.8) is 0 Å². The number of non-ortho nitro benzene ring substituents is 1. The summed E-state index contributed by atoms with van der Waals surface area (Å²) in [5.74, 6) is -0.571. The number of nitrogens with zero attached hydrogens (tertiary/aromatic N) is 3. The maximum atomic E-state index is 12.0. The minimum Gasteiger partial charge on any atom is -0.283 e. The van der Waals surface area contributed by atoms with Crippen LogP contribution in [0.15, 0.2) is 39.9 Å². The van der Waals surface area contributed by atoms with Gasteiger partial charge in [0, 0.05) is 37.9 Å². The van der Waals surface area contributed by atoms with E-state index in [1.165, 1.54) is 32.3 Å². The van der Waals surface area contributed by atoms with Crippen LogP contribution < -0.4 is 22.1 Å². The number of carbonyl (C=O) groups is 1. The zero-order valence-electron chi connectivity index (χ0n) is 12.3. The highest BCUT2D eigenvalue weighted by Crippen LogP contribution is 2.12. The van der Waals surface area contributed by atoms with Gasteiger partial charge in [0.2, 0.25) is 0 Å². The minimum absolute atomic E-state index is 0.0560. The first kappa shape index (κ1) is 15.9. The Hall–Kier alpha value is -3.43. The van der Waals surface area contributed by atoms with Crippen LogP contribution in [0.4, 0.5) is 11.5 Å². The smallest absolute Gasteiger partial charge is 0.283 e. The summed E-state index contributed by atoms with van der Waals surface area (Å²) in [5, 5.41) is 10.7. The summed E-state index contributed by atoms with van der Waals surface area (Å²) in [4.78, 5) is 45.4. The van der Waals surface area contributed by atoms with Gasteiger partial charge in [0.05, 0.1) is 4.92 Å². The lowest BCUT2D eigenvalue weighted by Gasteiger charge is -2.12. The molecule has 1 aromatic heterocycles. The van der Waals surface area contributed by atoms with Crippen molar-refractivity contribution in [1.29, 1.82) is 0 Å². The number of nitro benzene ring substituents is 1. The van der Waals surface area contributed by atoms with E-state index >= 15 is 0 Å². The molecule has 0 aliphatic rings. The van der Waals surface area contributed by atoms with Gasteiger partial charge in [-0.25, -0.2) is 4.79 Å². The number of amides is 1. The Labute approximate surface area is 129 Å². The van der Waals surface area contributed by atoms with Gasteiger partial charge in [-0.2, -0.15) is 0 Å². The van der Waals surface area contributed by atoms with Crippen LogP contribution >= 0.6 is 0 Å². The monoisotopic (exact) mass is 319 g/mol. The summed E-state index contributed by atoms with van der Waals surface area (Å²) in [6.07, 6.45) is 0. The van der Waals surface area contributed by atoms with Crippen LogP contribution in [-0.4, -0.2) is 20.0 Å². The lowest BCUT2D eigenvalue weighted by Crippen LogP contribution is -2.40. The number of nitrogens with one attached hydrogen (secondary N) is 2. The lowest BCUT2D eigenvalue weighted by molar-refractivity contribution is -0.384. The fourth-order valence-electron chi connectivity index (χ4n) is 1.81. The zero-order valence-corrected chi connectivity index (χ0v) is 12.3. The summed E-state index contributed by atoms with van der Waals surface area (Å²) in [6, 6.07) is 6.28. The predicted octanol–water partition coefficient (Wildman–Crippen LogP) is -0.251. The molecule has 0 saturated heterocycles. The van der Waals surface area contributed by atoms with Gasteiger partial charge in [0.25, 0.3) is 17.2 Å². The molecule has 0 aliphatic heterocycles. The van der Waals surface area contributed by atoms with E-state index in [1.807, 2.05) is 0 Å². The molecule has 0 spiro atoms. The van der Waals surface area contributed by atoms with Gasteiger partial charge >= 0.3 is 5.69 Å². The van der Waals surface area contributed by atoms with Gasteiger partial charge in [-0.1, -0.05) is 6.07 Å². The van der Waals surface area contributed by atoms with Crippen molar-refractivity contribution in [2.45, 2.75) is 0 Å². The fourth-order valence-corrected chi connectivity index (χ4v) is 1.81. The number of hydrogen-bond acceptors (Lipinski definition) is 6. The summed E-state index contributed by atoms with van der Waals surface area (Å²) < 4.78 is 2.04. The third-order valence-corrected chi connectivity index (χ3v) is 3.15. The Kier molecular flexibility index (Phi) is 4.25. The molecule has 1 aromatic carbocycles. The predicted molar refractivity (Wildman–Crippen MR) is 81.1 cm³/mol. The van der Waals surface area contributed by atoms with Gasteiger partial charge in [-0.3, -0.25) is 39.7 Å². The van der Waals surface area contributed by atoms with Crippen LogP contribution in [-0.2, 0) is 14.1 Å². The highest BCUT2D eigenvalue weighted by atomic mass is 16.6. The van der Waals surface area contributed by atoms with Crippen LogP contribution in [0.3, 0.4) is 0 Å². The molecule has 120 valence electrons. The van der Waals surface area contributed by atoms with Gasteiger partial charge in [0.15, 0.2) is 0 Å². The molecule has 0 unspecified atom stereocenters. The van der Waals surface area contributed by atoms with E-state index in [-0.39, 0.29) is 17.1 Å². The Morgan fingerprint density at radius 3 is 2.52 bits per heavy atom. The molecular formula is C13H13N5O5. The van der Waals surface area contributed by atoms with Crippen molar-refractivity contribution in [1.82, 2.24) is 14.6 Å². The van der Waals surface area contributed by atoms with Crippen LogP contribution in [0.1, 0.15) is 10.4 Å². The number of hydrazine groups is 1. The first-order valence-electron chi connectivity index (χ1n) is 6.39. The van der Waals surface area contributed by atoms with Gasteiger partial charge in [-0.15, -0.1) is 0 Å². The summed E-state index contributed by atoms with van der Waals surface area (Å²) in [6.45, 7) is 0. The van der Waals surface area contributed by atoms with Gasteiger partial charge in [-0.05, 0) is 6.07 Å². The van der Waals surface area contributed by atoms with Crippen LogP contribution in [0.5, 0.6) is 0 Å². The highest BCUT2D eigenvalue weighted by molar-refractivity contribution is 5.95. The van der Waals surface area contributed by atoms with Crippen LogP contribution in [0, 0.1) is 10.1 Å².